The molecule has 0 radical (unpaired) electrons. The highest BCUT2D eigenvalue weighted by molar-refractivity contribution is 5.44. The van der Waals surface area contributed by atoms with Crippen LogP contribution >= 0.6 is 0 Å². The fourth-order valence-electron chi connectivity index (χ4n) is 1.54. The highest BCUT2D eigenvalue weighted by atomic mass is 16.1. The molecule has 2 heterocycles. The van der Waals surface area contributed by atoms with Crippen molar-refractivity contribution in [3.8, 4) is 0 Å². The maximum Gasteiger partial charge on any atom is 0.249 e. The Morgan fingerprint density at radius 2 is 2.31 bits per heavy atom. The summed E-state index contributed by atoms with van der Waals surface area (Å²) in [6.45, 7) is 2.76. The molecule has 0 saturated carbocycles. The number of aromatic nitrogens is 1. The van der Waals surface area contributed by atoms with E-state index in [2.05, 4.69) is 22.2 Å². The molecule has 13 heavy (non-hydrogen) atoms. The summed E-state index contributed by atoms with van der Waals surface area (Å²) in [4.78, 5) is 16.0. The first-order chi connectivity index (χ1) is 6.25. The molecule has 0 unspecified atom stereocenters. The van der Waals surface area contributed by atoms with Crippen molar-refractivity contribution in [2.45, 2.75) is 6.54 Å². The zero-order valence-corrected chi connectivity index (χ0v) is 7.63. The molecule has 0 saturated heterocycles. The molecule has 0 bridgehead atoms. The molecule has 1 aliphatic heterocycles. The number of anilines is 1. The predicted molar refractivity (Wildman–Crippen MR) is 51.9 cm³/mol. The van der Waals surface area contributed by atoms with Crippen LogP contribution in [0.5, 0.6) is 0 Å². The molecule has 70 valence electrons. The molecule has 0 aromatic carbocycles. The van der Waals surface area contributed by atoms with Gasteiger partial charge >= 0.3 is 0 Å². The van der Waals surface area contributed by atoms with Gasteiger partial charge in [0.25, 0.3) is 0 Å². The van der Waals surface area contributed by atoms with Crippen LogP contribution in [0.3, 0.4) is 0 Å². The number of hydrogen-bond acceptors (Lipinski definition) is 3. The largest absolute Gasteiger partial charge is 0.370 e. The second-order valence-electron chi connectivity index (χ2n) is 3.39. The van der Waals surface area contributed by atoms with E-state index in [1.165, 1.54) is 0 Å². The number of nitrogens with zero attached hydrogens (tertiary/aromatic N) is 1. The zero-order chi connectivity index (χ0) is 9.26. The zero-order valence-electron chi connectivity index (χ0n) is 7.63. The summed E-state index contributed by atoms with van der Waals surface area (Å²) in [5.41, 5.74) is 1.11. The fraction of sp³-hybridized carbons (Fsp3) is 0.444. The second-order valence-corrected chi connectivity index (χ2v) is 3.39. The summed E-state index contributed by atoms with van der Waals surface area (Å²) in [6.07, 6.45) is 0. The van der Waals surface area contributed by atoms with Crippen LogP contribution < -0.4 is 10.9 Å². The first kappa shape index (κ1) is 8.31. The molecule has 4 nitrogen and oxygen atoms in total. The van der Waals surface area contributed by atoms with Crippen molar-refractivity contribution in [3.05, 3.63) is 28.0 Å². The minimum absolute atomic E-state index is 0.0456. The van der Waals surface area contributed by atoms with Crippen molar-refractivity contribution in [2.75, 3.05) is 25.5 Å². The molecular formula is C9H13N3O. The Morgan fingerprint density at radius 1 is 1.46 bits per heavy atom. The number of fused-ring (bicyclic) bond motifs is 1. The Kier molecular flexibility index (Phi) is 2.06. The molecule has 4 heteroatoms. The molecule has 0 fully saturated rings. The third-order valence-electron chi connectivity index (χ3n) is 2.24. The highest BCUT2D eigenvalue weighted by Gasteiger charge is 2.10. The maximum absolute atomic E-state index is 11.0. The first-order valence-electron chi connectivity index (χ1n) is 4.40. The summed E-state index contributed by atoms with van der Waals surface area (Å²) in [6, 6.07) is 3.45. The number of H-pyrrole nitrogens is 1. The van der Waals surface area contributed by atoms with Gasteiger partial charge in [0.2, 0.25) is 5.56 Å². The number of pyridine rings is 1. The van der Waals surface area contributed by atoms with Crippen LogP contribution in [-0.4, -0.2) is 30.0 Å². The van der Waals surface area contributed by atoms with Crippen molar-refractivity contribution in [1.82, 2.24) is 9.88 Å². The van der Waals surface area contributed by atoms with E-state index in [4.69, 9.17) is 0 Å². The number of nitrogens with one attached hydrogen (secondary N) is 2. The molecule has 1 aromatic heterocycles. The van der Waals surface area contributed by atoms with Crippen LogP contribution in [0.1, 0.15) is 5.56 Å². The monoisotopic (exact) mass is 179 g/mol. The Balaban J connectivity index is 2.40. The van der Waals surface area contributed by atoms with Gasteiger partial charge in [-0.2, -0.15) is 0 Å². The van der Waals surface area contributed by atoms with Gasteiger partial charge in [0.1, 0.15) is 5.82 Å². The van der Waals surface area contributed by atoms with Crippen LogP contribution in [0.2, 0.25) is 0 Å². The lowest BCUT2D eigenvalue weighted by molar-refractivity contribution is 0.346. The number of likely N-dealkylation sites (N-methyl/N-ethyl adjacent to an activating group) is 1. The third kappa shape index (κ3) is 1.72. The SMILES string of the molecule is CN1CCNc2[nH]c(=O)ccc2C1. The average Bonchev–Trinajstić information content (AvgIpc) is 2.25. The van der Waals surface area contributed by atoms with Gasteiger partial charge in [0.15, 0.2) is 0 Å². The maximum atomic E-state index is 11.0. The van der Waals surface area contributed by atoms with Crippen molar-refractivity contribution < 1.29 is 0 Å². The second kappa shape index (κ2) is 3.22. The lowest BCUT2D eigenvalue weighted by Gasteiger charge is -2.11. The topological polar surface area (TPSA) is 48.1 Å². The van der Waals surface area contributed by atoms with E-state index in [0.29, 0.717) is 0 Å². The van der Waals surface area contributed by atoms with Gasteiger partial charge < -0.3 is 15.2 Å². The summed E-state index contributed by atoms with van der Waals surface area (Å²) >= 11 is 0. The molecular weight excluding hydrogens is 166 g/mol. The molecule has 0 atom stereocenters. The van der Waals surface area contributed by atoms with E-state index in [0.717, 1.165) is 31.0 Å². The van der Waals surface area contributed by atoms with E-state index < -0.39 is 0 Å². The first-order valence-corrected chi connectivity index (χ1v) is 4.40. The van der Waals surface area contributed by atoms with Gasteiger partial charge in [-0.1, -0.05) is 0 Å². The summed E-state index contributed by atoms with van der Waals surface area (Å²) in [5.74, 6) is 0.872. The van der Waals surface area contributed by atoms with Crippen molar-refractivity contribution in [1.29, 1.82) is 0 Å². The van der Waals surface area contributed by atoms with Crippen LogP contribution in [0.25, 0.3) is 0 Å². The van der Waals surface area contributed by atoms with Gasteiger partial charge in [-0.3, -0.25) is 4.79 Å². The van der Waals surface area contributed by atoms with Gasteiger partial charge in [0.05, 0.1) is 0 Å². The fourth-order valence-corrected chi connectivity index (χ4v) is 1.54. The molecule has 0 spiro atoms. The van der Waals surface area contributed by atoms with Gasteiger partial charge in [0, 0.05) is 31.3 Å². The Bertz CT molecular complexity index is 358. The van der Waals surface area contributed by atoms with E-state index >= 15 is 0 Å². The minimum atomic E-state index is -0.0456. The molecule has 2 N–H and O–H groups in total. The molecule has 2 rings (SSSR count). The van der Waals surface area contributed by atoms with E-state index in [1.807, 2.05) is 6.07 Å². The van der Waals surface area contributed by atoms with Gasteiger partial charge in [-0.05, 0) is 13.1 Å². The van der Waals surface area contributed by atoms with Crippen LogP contribution in [0, 0.1) is 0 Å². The predicted octanol–water partition coefficient (Wildman–Crippen LogP) is 0.232. The molecule has 0 amide bonds. The highest BCUT2D eigenvalue weighted by Crippen LogP contribution is 2.13. The number of rotatable bonds is 0. The van der Waals surface area contributed by atoms with Crippen molar-refractivity contribution in [2.24, 2.45) is 0 Å². The summed E-state index contributed by atoms with van der Waals surface area (Å²) in [5, 5.41) is 3.20. The van der Waals surface area contributed by atoms with Gasteiger partial charge in [-0.25, -0.2) is 0 Å². The number of aromatic amines is 1. The number of hydrogen-bond donors (Lipinski definition) is 2. The van der Waals surface area contributed by atoms with E-state index in [9.17, 15) is 4.79 Å². The van der Waals surface area contributed by atoms with Crippen molar-refractivity contribution in [3.63, 3.8) is 0 Å². The minimum Gasteiger partial charge on any atom is -0.370 e. The standard InChI is InChI=1S/C9H13N3O/c1-12-5-4-10-9-7(6-12)2-3-8(13)11-9/h2-3H,4-6H2,1H3,(H2,10,11,13). The smallest absolute Gasteiger partial charge is 0.249 e. The summed E-state index contributed by atoms with van der Waals surface area (Å²) < 4.78 is 0. The third-order valence-corrected chi connectivity index (χ3v) is 2.24. The molecule has 1 aliphatic rings. The van der Waals surface area contributed by atoms with E-state index in [-0.39, 0.29) is 5.56 Å². The molecule has 1 aromatic rings. The van der Waals surface area contributed by atoms with Gasteiger partial charge in [-0.15, -0.1) is 0 Å². The Labute approximate surface area is 76.6 Å². The average molecular weight is 179 g/mol. The Hall–Kier alpha value is -1.29. The quantitative estimate of drug-likeness (QED) is 0.599. The van der Waals surface area contributed by atoms with Crippen LogP contribution in [0.4, 0.5) is 5.82 Å². The Morgan fingerprint density at radius 3 is 3.15 bits per heavy atom. The van der Waals surface area contributed by atoms with E-state index in [1.54, 1.807) is 6.07 Å². The lowest BCUT2D eigenvalue weighted by Crippen LogP contribution is -2.20. The van der Waals surface area contributed by atoms with Crippen LogP contribution in [-0.2, 0) is 6.54 Å². The summed E-state index contributed by atoms with van der Waals surface area (Å²) in [7, 11) is 2.07. The van der Waals surface area contributed by atoms with Crippen LogP contribution in [0.15, 0.2) is 16.9 Å². The van der Waals surface area contributed by atoms with Crippen molar-refractivity contribution >= 4 is 5.82 Å². The normalized spacial score (nSPS) is 17.3. The molecule has 0 aliphatic carbocycles. The lowest BCUT2D eigenvalue weighted by atomic mass is 10.2.